The quantitative estimate of drug-likeness (QED) is 0.374. The Morgan fingerprint density at radius 1 is 1.00 bits per heavy atom. The van der Waals surface area contributed by atoms with Crippen molar-refractivity contribution in [3.05, 3.63) is 87.4 Å². The average Bonchev–Trinajstić information content (AvgIpc) is 3.27. The molecule has 35 heavy (non-hydrogen) atoms. The number of aromatic nitrogens is 2. The summed E-state index contributed by atoms with van der Waals surface area (Å²) in [6.45, 7) is 3.18. The summed E-state index contributed by atoms with van der Waals surface area (Å²) in [7, 11) is 0. The van der Waals surface area contributed by atoms with Gasteiger partial charge in [0.25, 0.3) is 5.56 Å². The topological polar surface area (TPSA) is 67.2 Å². The number of carbonyl (C=O) groups excluding carboxylic acids is 1. The highest BCUT2D eigenvalue weighted by molar-refractivity contribution is 7.22. The van der Waals surface area contributed by atoms with E-state index in [1.54, 1.807) is 10.9 Å². The number of nitrogens with one attached hydrogen (secondary N) is 1. The first-order valence-corrected chi connectivity index (χ1v) is 12.1. The Kier molecular flexibility index (Phi) is 9.33. The zero-order valence-electron chi connectivity index (χ0n) is 18.8. The smallest absolute Gasteiger partial charge is 0.271 e. The SMILES string of the molecule is Cl.Cl.O=C1CNCCN1Cc1ccc(CCn2cnc3cc(-c4ccc(Cl)cc4)sc3c2=O)cc1. The number of carbonyl (C=O) groups is 1. The van der Waals surface area contributed by atoms with E-state index in [-0.39, 0.29) is 36.3 Å². The Morgan fingerprint density at radius 3 is 2.43 bits per heavy atom. The number of piperazine rings is 1. The Bertz CT molecular complexity index is 1350. The van der Waals surface area contributed by atoms with Crippen LogP contribution in [-0.4, -0.2) is 40.0 Å². The third-order valence-corrected chi connectivity index (χ3v) is 7.27. The van der Waals surface area contributed by atoms with Crippen molar-refractivity contribution < 1.29 is 4.79 Å². The van der Waals surface area contributed by atoms with Crippen LogP contribution in [0.2, 0.25) is 5.02 Å². The summed E-state index contributed by atoms with van der Waals surface area (Å²) in [6, 6.07) is 17.8. The van der Waals surface area contributed by atoms with E-state index >= 15 is 0 Å². The van der Waals surface area contributed by atoms with Crippen molar-refractivity contribution in [3.8, 4) is 10.4 Å². The Morgan fingerprint density at radius 2 is 1.71 bits per heavy atom. The minimum atomic E-state index is -0.0148. The molecule has 2 aromatic heterocycles. The third-order valence-electron chi connectivity index (χ3n) is 5.86. The number of hydrogen-bond donors (Lipinski definition) is 1. The van der Waals surface area contributed by atoms with Crippen molar-refractivity contribution in [2.75, 3.05) is 19.6 Å². The van der Waals surface area contributed by atoms with Crippen LogP contribution in [0.4, 0.5) is 0 Å². The molecular weight excluding hydrogens is 527 g/mol. The molecule has 0 aliphatic carbocycles. The second kappa shape index (κ2) is 12.0. The molecule has 2 aromatic carbocycles. The summed E-state index contributed by atoms with van der Waals surface area (Å²) in [5.41, 5.74) is 3.99. The van der Waals surface area contributed by atoms with Crippen LogP contribution in [0.25, 0.3) is 20.7 Å². The normalized spacial score (nSPS) is 13.4. The Labute approximate surface area is 224 Å². The first-order chi connectivity index (χ1) is 16.1. The number of thiophene rings is 1. The summed E-state index contributed by atoms with van der Waals surface area (Å²) in [5.74, 6) is 0.139. The first-order valence-electron chi connectivity index (χ1n) is 10.9. The molecule has 3 heterocycles. The van der Waals surface area contributed by atoms with Gasteiger partial charge in [-0.05, 0) is 41.3 Å². The molecule has 0 radical (unpaired) electrons. The lowest BCUT2D eigenvalue weighted by molar-refractivity contribution is -0.132. The van der Waals surface area contributed by atoms with Crippen LogP contribution in [-0.2, 0) is 24.3 Å². The molecule has 1 aliphatic rings. The van der Waals surface area contributed by atoms with Gasteiger partial charge in [-0.25, -0.2) is 4.98 Å². The van der Waals surface area contributed by atoms with Gasteiger partial charge in [-0.2, -0.15) is 0 Å². The molecule has 0 unspecified atom stereocenters. The van der Waals surface area contributed by atoms with Gasteiger partial charge in [0.05, 0.1) is 18.4 Å². The van der Waals surface area contributed by atoms with E-state index in [1.807, 2.05) is 35.2 Å². The first kappa shape index (κ1) is 27.2. The number of benzene rings is 2. The van der Waals surface area contributed by atoms with Crippen LogP contribution in [0.5, 0.6) is 0 Å². The maximum atomic E-state index is 13.0. The van der Waals surface area contributed by atoms with Gasteiger partial charge in [-0.15, -0.1) is 36.2 Å². The predicted octanol–water partition coefficient (Wildman–Crippen LogP) is 4.80. The molecule has 4 aromatic rings. The minimum absolute atomic E-state index is 0. The molecule has 1 amide bonds. The fourth-order valence-electron chi connectivity index (χ4n) is 3.96. The molecular formula is C25H25Cl3N4O2S. The fraction of sp³-hybridized carbons (Fsp3) is 0.240. The van der Waals surface area contributed by atoms with Crippen LogP contribution >= 0.6 is 47.8 Å². The predicted molar refractivity (Wildman–Crippen MR) is 147 cm³/mol. The molecule has 5 rings (SSSR count). The monoisotopic (exact) mass is 550 g/mol. The molecule has 1 aliphatic heterocycles. The standard InChI is InChI=1S/C25H23ClN4O2S.2ClH/c26-20-7-5-19(6-8-20)22-13-21-24(33-22)25(32)30(16-28-21)11-9-17-1-3-18(4-2-17)15-29-12-10-27-14-23(29)31;;/h1-8,13,16,27H,9-12,14-15H2;2*1H. The number of rotatable bonds is 6. The van der Waals surface area contributed by atoms with Crippen molar-refractivity contribution in [3.63, 3.8) is 0 Å². The second-order valence-corrected chi connectivity index (χ2v) is 9.62. The van der Waals surface area contributed by atoms with Crippen molar-refractivity contribution in [2.45, 2.75) is 19.5 Å². The Hall–Kier alpha value is -2.42. The van der Waals surface area contributed by atoms with Crippen LogP contribution in [0.1, 0.15) is 11.1 Å². The Balaban J connectivity index is 0.00000171. The number of halogens is 3. The largest absolute Gasteiger partial charge is 0.336 e. The van der Waals surface area contributed by atoms with E-state index in [9.17, 15) is 9.59 Å². The third kappa shape index (κ3) is 6.23. The molecule has 0 spiro atoms. The van der Waals surface area contributed by atoms with Gasteiger partial charge in [0.1, 0.15) is 4.70 Å². The van der Waals surface area contributed by atoms with Gasteiger partial charge in [0.2, 0.25) is 5.91 Å². The van der Waals surface area contributed by atoms with E-state index in [0.29, 0.717) is 29.4 Å². The van der Waals surface area contributed by atoms with E-state index in [0.717, 1.165) is 46.6 Å². The summed E-state index contributed by atoms with van der Waals surface area (Å²) in [5, 5.41) is 3.78. The number of fused-ring (bicyclic) bond motifs is 1. The highest BCUT2D eigenvalue weighted by Crippen LogP contribution is 2.31. The van der Waals surface area contributed by atoms with E-state index in [4.69, 9.17) is 11.6 Å². The van der Waals surface area contributed by atoms with E-state index in [1.165, 1.54) is 11.3 Å². The molecule has 0 atom stereocenters. The van der Waals surface area contributed by atoms with Crippen LogP contribution in [0.3, 0.4) is 0 Å². The van der Waals surface area contributed by atoms with E-state index < -0.39 is 0 Å². The van der Waals surface area contributed by atoms with Crippen LogP contribution in [0, 0.1) is 0 Å². The van der Waals surface area contributed by atoms with Gasteiger partial charge in [0, 0.05) is 36.1 Å². The lowest BCUT2D eigenvalue weighted by Gasteiger charge is -2.27. The number of aryl methyl sites for hydroxylation is 2. The zero-order chi connectivity index (χ0) is 22.8. The molecule has 184 valence electrons. The van der Waals surface area contributed by atoms with Gasteiger partial charge in [-0.1, -0.05) is 48.0 Å². The van der Waals surface area contributed by atoms with Gasteiger partial charge < -0.3 is 10.2 Å². The van der Waals surface area contributed by atoms with Crippen LogP contribution in [0.15, 0.2) is 65.7 Å². The fourth-order valence-corrected chi connectivity index (χ4v) is 5.15. The van der Waals surface area contributed by atoms with Crippen LogP contribution < -0.4 is 10.9 Å². The highest BCUT2D eigenvalue weighted by Gasteiger charge is 2.17. The second-order valence-electron chi connectivity index (χ2n) is 8.13. The molecule has 0 bridgehead atoms. The minimum Gasteiger partial charge on any atom is -0.336 e. The number of amides is 1. The lowest BCUT2D eigenvalue weighted by Crippen LogP contribution is -2.47. The highest BCUT2D eigenvalue weighted by atomic mass is 35.5. The molecule has 0 saturated carbocycles. The molecule has 6 nitrogen and oxygen atoms in total. The average molecular weight is 552 g/mol. The van der Waals surface area contributed by atoms with Gasteiger partial charge >= 0.3 is 0 Å². The van der Waals surface area contributed by atoms with Crippen molar-refractivity contribution >= 4 is 63.9 Å². The molecule has 1 saturated heterocycles. The van der Waals surface area contributed by atoms with E-state index in [2.05, 4.69) is 34.6 Å². The molecule has 10 heteroatoms. The summed E-state index contributed by atoms with van der Waals surface area (Å²) in [6.07, 6.45) is 2.36. The molecule has 1 N–H and O–H groups in total. The van der Waals surface area contributed by atoms with Crippen molar-refractivity contribution in [1.82, 2.24) is 19.8 Å². The maximum Gasteiger partial charge on any atom is 0.271 e. The summed E-state index contributed by atoms with van der Waals surface area (Å²) in [4.78, 5) is 32.4. The van der Waals surface area contributed by atoms with Gasteiger partial charge in [-0.3, -0.25) is 14.2 Å². The zero-order valence-corrected chi connectivity index (χ0v) is 22.0. The number of nitrogens with zero attached hydrogens (tertiary/aromatic N) is 3. The van der Waals surface area contributed by atoms with Gasteiger partial charge in [0.15, 0.2) is 0 Å². The summed E-state index contributed by atoms with van der Waals surface area (Å²) < 4.78 is 2.34. The van der Waals surface area contributed by atoms with Crippen molar-refractivity contribution in [2.24, 2.45) is 0 Å². The maximum absolute atomic E-state index is 13.0. The summed E-state index contributed by atoms with van der Waals surface area (Å²) >= 11 is 7.45. The lowest BCUT2D eigenvalue weighted by atomic mass is 10.1. The number of hydrogen-bond acceptors (Lipinski definition) is 5. The van der Waals surface area contributed by atoms with Crippen molar-refractivity contribution in [1.29, 1.82) is 0 Å². The molecule has 1 fully saturated rings.